The van der Waals surface area contributed by atoms with Crippen molar-refractivity contribution < 1.29 is 0 Å². The van der Waals surface area contributed by atoms with E-state index >= 15 is 0 Å². The summed E-state index contributed by atoms with van der Waals surface area (Å²) in [5.74, 6) is 7.98. The van der Waals surface area contributed by atoms with Gasteiger partial charge in [0.15, 0.2) is 0 Å². The molecule has 1 fully saturated rings. The maximum atomic E-state index is 5.59. The Balaban J connectivity index is 2.41. The highest BCUT2D eigenvalue weighted by Crippen LogP contribution is 2.32. The number of rotatable bonds is 3. The molecule has 0 spiro atoms. The lowest BCUT2D eigenvalue weighted by molar-refractivity contribution is 0.197. The fourth-order valence-electron chi connectivity index (χ4n) is 2.52. The highest BCUT2D eigenvalue weighted by Gasteiger charge is 2.26. The maximum absolute atomic E-state index is 5.59. The van der Waals surface area contributed by atoms with Crippen molar-refractivity contribution in [2.24, 2.45) is 23.6 Å². The molecule has 1 aliphatic rings. The number of hydrogen-bond acceptors (Lipinski definition) is 2. The quantitative estimate of drug-likeness (QED) is 0.522. The lowest BCUT2D eigenvalue weighted by Gasteiger charge is -2.34. The van der Waals surface area contributed by atoms with Gasteiger partial charge in [0.2, 0.25) is 0 Å². The zero-order valence-electron chi connectivity index (χ0n) is 9.22. The van der Waals surface area contributed by atoms with Crippen LogP contribution in [0.5, 0.6) is 0 Å². The van der Waals surface area contributed by atoms with Crippen molar-refractivity contribution in [3.8, 4) is 0 Å². The van der Waals surface area contributed by atoms with Gasteiger partial charge in [0.25, 0.3) is 0 Å². The molecule has 0 bridgehead atoms. The maximum Gasteiger partial charge on any atom is 0.0261 e. The van der Waals surface area contributed by atoms with Gasteiger partial charge in [0, 0.05) is 6.04 Å². The Bertz CT molecular complexity index is 137. The molecule has 2 nitrogen and oxygen atoms in total. The number of nitrogens with one attached hydrogen (secondary N) is 1. The normalized spacial score (nSPS) is 32.1. The van der Waals surface area contributed by atoms with Crippen LogP contribution in [0.15, 0.2) is 0 Å². The van der Waals surface area contributed by atoms with E-state index in [0.717, 1.165) is 11.8 Å². The third-order valence-electron chi connectivity index (χ3n) is 3.48. The summed E-state index contributed by atoms with van der Waals surface area (Å²) in [5, 5.41) is 0. The van der Waals surface area contributed by atoms with E-state index in [0.29, 0.717) is 12.0 Å². The summed E-state index contributed by atoms with van der Waals surface area (Å²) in [7, 11) is 0. The van der Waals surface area contributed by atoms with Crippen molar-refractivity contribution in [3.63, 3.8) is 0 Å². The molecule has 78 valence electrons. The second-order valence-corrected chi connectivity index (χ2v) is 4.96. The molecule has 0 amide bonds. The second kappa shape index (κ2) is 4.97. The SMILES string of the molecule is CC1CCC(C(NN)C(C)C)CC1. The topological polar surface area (TPSA) is 38.0 Å². The van der Waals surface area contributed by atoms with Gasteiger partial charge in [-0.1, -0.05) is 33.6 Å². The minimum absolute atomic E-state index is 0.521. The predicted octanol–water partition coefficient (Wildman–Crippen LogP) is 2.30. The Hall–Kier alpha value is -0.0800. The monoisotopic (exact) mass is 184 g/mol. The average molecular weight is 184 g/mol. The summed E-state index contributed by atoms with van der Waals surface area (Å²) < 4.78 is 0. The van der Waals surface area contributed by atoms with Crippen LogP contribution in [-0.4, -0.2) is 6.04 Å². The Kier molecular flexibility index (Phi) is 4.20. The molecule has 0 radical (unpaired) electrons. The van der Waals surface area contributed by atoms with E-state index in [1.54, 1.807) is 0 Å². The molecule has 1 rings (SSSR count). The van der Waals surface area contributed by atoms with Crippen LogP contribution in [0.1, 0.15) is 46.5 Å². The van der Waals surface area contributed by atoms with Crippen LogP contribution in [-0.2, 0) is 0 Å². The second-order valence-electron chi connectivity index (χ2n) is 4.96. The Morgan fingerprint density at radius 3 is 2.08 bits per heavy atom. The van der Waals surface area contributed by atoms with Crippen molar-refractivity contribution in [2.75, 3.05) is 0 Å². The molecule has 13 heavy (non-hydrogen) atoms. The van der Waals surface area contributed by atoms with Crippen LogP contribution < -0.4 is 11.3 Å². The summed E-state index contributed by atoms with van der Waals surface area (Å²) in [6.07, 6.45) is 5.48. The highest BCUT2D eigenvalue weighted by molar-refractivity contribution is 4.81. The Morgan fingerprint density at radius 1 is 1.15 bits per heavy atom. The zero-order chi connectivity index (χ0) is 9.84. The van der Waals surface area contributed by atoms with Crippen molar-refractivity contribution in [1.29, 1.82) is 0 Å². The summed E-state index contributed by atoms with van der Waals surface area (Å²) in [6.45, 7) is 6.86. The van der Waals surface area contributed by atoms with Crippen molar-refractivity contribution in [1.82, 2.24) is 5.43 Å². The van der Waals surface area contributed by atoms with Crippen molar-refractivity contribution in [2.45, 2.75) is 52.5 Å². The summed E-state index contributed by atoms with van der Waals surface area (Å²) in [6, 6.07) is 0.521. The Labute approximate surface area is 82.2 Å². The first kappa shape index (κ1) is 11.0. The van der Waals surface area contributed by atoms with Crippen LogP contribution in [0.3, 0.4) is 0 Å². The van der Waals surface area contributed by atoms with Gasteiger partial charge in [-0.05, 0) is 30.6 Å². The van der Waals surface area contributed by atoms with E-state index in [1.807, 2.05) is 0 Å². The van der Waals surface area contributed by atoms with Crippen LogP contribution in [0.4, 0.5) is 0 Å². The van der Waals surface area contributed by atoms with Crippen LogP contribution in [0.2, 0.25) is 0 Å². The Morgan fingerprint density at radius 2 is 1.69 bits per heavy atom. The van der Waals surface area contributed by atoms with E-state index in [4.69, 9.17) is 5.84 Å². The third kappa shape index (κ3) is 2.96. The van der Waals surface area contributed by atoms with Gasteiger partial charge in [-0.25, -0.2) is 0 Å². The minimum atomic E-state index is 0.521. The molecule has 0 aliphatic heterocycles. The zero-order valence-corrected chi connectivity index (χ0v) is 9.22. The van der Waals surface area contributed by atoms with Gasteiger partial charge >= 0.3 is 0 Å². The molecule has 3 N–H and O–H groups in total. The van der Waals surface area contributed by atoms with Gasteiger partial charge in [-0.2, -0.15) is 0 Å². The van der Waals surface area contributed by atoms with Crippen molar-refractivity contribution in [3.05, 3.63) is 0 Å². The standard InChI is InChI=1S/C11H24N2/c1-8(2)11(13-12)10-6-4-9(3)5-7-10/h8-11,13H,4-7,12H2,1-3H3. The number of hydrazine groups is 1. The van der Waals surface area contributed by atoms with E-state index in [1.165, 1.54) is 25.7 Å². The molecule has 0 aromatic carbocycles. The first-order chi connectivity index (χ1) is 6.15. The molecular formula is C11H24N2. The first-order valence-electron chi connectivity index (χ1n) is 5.61. The largest absolute Gasteiger partial charge is 0.271 e. The minimum Gasteiger partial charge on any atom is -0.271 e. The van der Waals surface area contributed by atoms with Crippen LogP contribution in [0.25, 0.3) is 0 Å². The molecule has 1 aliphatic carbocycles. The van der Waals surface area contributed by atoms with Gasteiger partial charge in [-0.15, -0.1) is 0 Å². The van der Waals surface area contributed by atoms with Gasteiger partial charge < -0.3 is 0 Å². The lowest BCUT2D eigenvalue weighted by Crippen LogP contribution is -2.45. The third-order valence-corrected chi connectivity index (χ3v) is 3.48. The fourth-order valence-corrected chi connectivity index (χ4v) is 2.52. The van der Waals surface area contributed by atoms with Gasteiger partial charge in [0.05, 0.1) is 0 Å². The predicted molar refractivity (Wildman–Crippen MR) is 57.1 cm³/mol. The number of hydrogen-bond donors (Lipinski definition) is 2. The van der Waals surface area contributed by atoms with Gasteiger partial charge in [-0.3, -0.25) is 11.3 Å². The molecule has 0 aromatic rings. The molecule has 1 unspecified atom stereocenters. The van der Waals surface area contributed by atoms with Crippen LogP contribution in [0, 0.1) is 17.8 Å². The number of nitrogens with two attached hydrogens (primary N) is 1. The summed E-state index contributed by atoms with van der Waals surface area (Å²) in [4.78, 5) is 0. The van der Waals surface area contributed by atoms with Gasteiger partial charge in [0.1, 0.15) is 0 Å². The fraction of sp³-hybridized carbons (Fsp3) is 1.00. The molecule has 0 heterocycles. The highest BCUT2D eigenvalue weighted by atomic mass is 15.2. The van der Waals surface area contributed by atoms with E-state index < -0.39 is 0 Å². The molecule has 0 aromatic heterocycles. The summed E-state index contributed by atoms with van der Waals surface area (Å²) in [5.41, 5.74) is 2.99. The summed E-state index contributed by atoms with van der Waals surface area (Å²) >= 11 is 0. The molecule has 1 saturated carbocycles. The smallest absolute Gasteiger partial charge is 0.0261 e. The average Bonchev–Trinajstić information content (AvgIpc) is 2.09. The van der Waals surface area contributed by atoms with E-state index in [-0.39, 0.29) is 0 Å². The first-order valence-corrected chi connectivity index (χ1v) is 5.61. The van der Waals surface area contributed by atoms with E-state index in [2.05, 4.69) is 26.2 Å². The van der Waals surface area contributed by atoms with Crippen LogP contribution >= 0.6 is 0 Å². The molecular weight excluding hydrogens is 160 g/mol. The lowest BCUT2D eigenvalue weighted by atomic mass is 9.76. The molecule has 0 saturated heterocycles. The van der Waals surface area contributed by atoms with Crippen molar-refractivity contribution >= 4 is 0 Å². The molecule has 2 heteroatoms. The van der Waals surface area contributed by atoms with E-state index in [9.17, 15) is 0 Å². The molecule has 1 atom stereocenters.